The van der Waals surface area contributed by atoms with E-state index in [4.69, 9.17) is 14.2 Å². The van der Waals surface area contributed by atoms with Gasteiger partial charge in [0.2, 0.25) is 5.91 Å². The Morgan fingerprint density at radius 1 is 0.923 bits per heavy atom. The normalized spacial score (nSPS) is 20.3. The minimum Gasteiger partial charge on any atom is -0.379 e. The monoisotopic (exact) mass is 371 g/mol. The molecule has 0 radical (unpaired) electrons. The molecule has 1 rings (SSSR count). The SMILES string of the molecule is CCOCCOCCOCCC(=O)NC[C@H]1CC[C@H](C(=O)C(C)C)CC1. The van der Waals surface area contributed by atoms with Gasteiger partial charge in [0.25, 0.3) is 0 Å². The average Bonchev–Trinajstić information content (AvgIpc) is 2.64. The standard InChI is InChI=1S/C20H37NO5/c1-4-24-11-12-26-14-13-25-10-9-19(22)21-15-17-5-7-18(8-6-17)20(23)16(2)3/h16-18H,4-15H2,1-3H3,(H,21,22)/t17-,18-. The van der Waals surface area contributed by atoms with E-state index in [9.17, 15) is 9.59 Å². The molecule has 1 fully saturated rings. The summed E-state index contributed by atoms with van der Waals surface area (Å²) < 4.78 is 15.9. The fourth-order valence-corrected chi connectivity index (χ4v) is 3.22. The van der Waals surface area contributed by atoms with Crippen LogP contribution in [0.25, 0.3) is 0 Å². The van der Waals surface area contributed by atoms with E-state index in [2.05, 4.69) is 5.32 Å². The van der Waals surface area contributed by atoms with Crippen molar-refractivity contribution in [2.45, 2.75) is 52.9 Å². The second-order valence-electron chi connectivity index (χ2n) is 7.25. The zero-order valence-corrected chi connectivity index (χ0v) is 16.8. The summed E-state index contributed by atoms with van der Waals surface area (Å²) in [4.78, 5) is 23.9. The summed E-state index contributed by atoms with van der Waals surface area (Å²) in [7, 11) is 0. The van der Waals surface area contributed by atoms with Gasteiger partial charge in [0, 0.05) is 31.4 Å². The second-order valence-corrected chi connectivity index (χ2v) is 7.25. The van der Waals surface area contributed by atoms with E-state index in [1.165, 1.54) is 0 Å². The van der Waals surface area contributed by atoms with E-state index in [0.29, 0.717) is 64.3 Å². The molecule has 26 heavy (non-hydrogen) atoms. The number of Topliss-reactive ketones (excluding diaryl/α,β-unsaturated/α-hetero) is 1. The predicted octanol–water partition coefficient (Wildman–Crippen LogP) is 2.59. The molecule has 1 aliphatic carbocycles. The lowest BCUT2D eigenvalue weighted by molar-refractivity contribution is -0.127. The predicted molar refractivity (Wildman–Crippen MR) is 101 cm³/mol. The Balaban J connectivity index is 1.97. The summed E-state index contributed by atoms with van der Waals surface area (Å²) >= 11 is 0. The molecule has 1 N–H and O–H groups in total. The van der Waals surface area contributed by atoms with Gasteiger partial charge in [-0.2, -0.15) is 0 Å². The molecule has 0 unspecified atom stereocenters. The maximum absolute atomic E-state index is 12.0. The zero-order valence-electron chi connectivity index (χ0n) is 16.8. The molecule has 0 saturated heterocycles. The number of nitrogens with one attached hydrogen (secondary N) is 1. The van der Waals surface area contributed by atoms with Crippen molar-refractivity contribution in [2.24, 2.45) is 17.8 Å². The molecule has 0 bridgehead atoms. The molecule has 0 aliphatic heterocycles. The highest BCUT2D eigenvalue weighted by Gasteiger charge is 2.27. The Morgan fingerprint density at radius 2 is 1.50 bits per heavy atom. The van der Waals surface area contributed by atoms with Crippen molar-refractivity contribution in [2.75, 3.05) is 46.2 Å². The Hall–Kier alpha value is -0.980. The van der Waals surface area contributed by atoms with Gasteiger partial charge >= 0.3 is 0 Å². The Kier molecular flexibility index (Phi) is 12.5. The molecule has 6 nitrogen and oxygen atoms in total. The molecular formula is C20H37NO5. The van der Waals surface area contributed by atoms with Crippen LogP contribution in [-0.2, 0) is 23.8 Å². The van der Waals surface area contributed by atoms with E-state index >= 15 is 0 Å². The van der Waals surface area contributed by atoms with Crippen molar-refractivity contribution in [1.82, 2.24) is 5.32 Å². The van der Waals surface area contributed by atoms with Gasteiger partial charge in [0.05, 0.1) is 33.0 Å². The summed E-state index contributed by atoms with van der Waals surface area (Å²) in [5, 5.41) is 2.99. The number of amides is 1. The van der Waals surface area contributed by atoms with Gasteiger partial charge in [-0.05, 0) is 38.5 Å². The highest BCUT2D eigenvalue weighted by Crippen LogP contribution is 2.30. The lowest BCUT2D eigenvalue weighted by Crippen LogP contribution is -2.33. The summed E-state index contributed by atoms with van der Waals surface area (Å²) in [5.41, 5.74) is 0. The summed E-state index contributed by atoms with van der Waals surface area (Å²) in [6.07, 6.45) is 4.35. The van der Waals surface area contributed by atoms with E-state index < -0.39 is 0 Å². The summed E-state index contributed by atoms with van der Waals surface area (Å²) in [6, 6.07) is 0. The van der Waals surface area contributed by atoms with Gasteiger partial charge in [-0.3, -0.25) is 9.59 Å². The first-order valence-corrected chi connectivity index (χ1v) is 10.1. The molecule has 0 aromatic heterocycles. The highest BCUT2D eigenvalue weighted by molar-refractivity contribution is 5.82. The van der Waals surface area contributed by atoms with Crippen LogP contribution < -0.4 is 5.32 Å². The third kappa shape index (κ3) is 10.2. The van der Waals surface area contributed by atoms with Gasteiger partial charge < -0.3 is 19.5 Å². The van der Waals surface area contributed by atoms with E-state index in [-0.39, 0.29) is 17.7 Å². The van der Waals surface area contributed by atoms with Crippen LogP contribution >= 0.6 is 0 Å². The number of rotatable bonds is 14. The van der Waals surface area contributed by atoms with E-state index in [0.717, 1.165) is 25.7 Å². The maximum Gasteiger partial charge on any atom is 0.222 e. The van der Waals surface area contributed by atoms with Crippen LogP contribution in [0.5, 0.6) is 0 Å². The first-order valence-electron chi connectivity index (χ1n) is 10.1. The van der Waals surface area contributed by atoms with E-state index in [1.54, 1.807) is 0 Å². The molecule has 0 aromatic rings. The summed E-state index contributed by atoms with van der Waals surface area (Å²) in [5.74, 6) is 1.28. The Morgan fingerprint density at radius 3 is 2.08 bits per heavy atom. The first kappa shape index (κ1) is 23.1. The highest BCUT2D eigenvalue weighted by atomic mass is 16.5. The Labute approximate surface area is 158 Å². The molecule has 1 amide bonds. The largest absolute Gasteiger partial charge is 0.379 e. The van der Waals surface area contributed by atoms with Crippen LogP contribution in [-0.4, -0.2) is 57.9 Å². The molecular weight excluding hydrogens is 334 g/mol. The maximum atomic E-state index is 12.0. The number of hydrogen-bond donors (Lipinski definition) is 1. The van der Waals surface area contributed by atoms with Crippen LogP contribution in [0.15, 0.2) is 0 Å². The first-order chi connectivity index (χ1) is 12.5. The van der Waals surface area contributed by atoms with Crippen molar-refractivity contribution in [3.63, 3.8) is 0 Å². The minimum absolute atomic E-state index is 0.0302. The molecule has 0 aromatic carbocycles. The number of hydrogen-bond acceptors (Lipinski definition) is 5. The molecule has 0 spiro atoms. The van der Waals surface area contributed by atoms with Gasteiger partial charge in [-0.1, -0.05) is 13.8 Å². The average molecular weight is 372 g/mol. The van der Waals surface area contributed by atoms with Crippen molar-refractivity contribution < 1.29 is 23.8 Å². The van der Waals surface area contributed by atoms with Crippen molar-refractivity contribution >= 4 is 11.7 Å². The lowest BCUT2D eigenvalue weighted by atomic mass is 9.78. The molecule has 1 saturated carbocycles. The van der Waals surface area contributed by atoms with Crippen LogP contribution in [0, 0.1) is 17.8 Å². The molecule has 152 valence electrons. The van der Waals surface area contributed by atoms with Crippen LogP contribution in [0.1, 0.15) is 52.9 Å². The summed E-state index contributed by atoms with van der Waals surface area (Å²) in [6.45, 7) is 9.92. The smallest absolute Gasteiger partial charge is 0.222 e. The van der Waals surface area contributed by atoms with Crippen molar-refractivity contribution in [1.29, 1.82) is 0 Å². The molecule has 1 aliphatic rings. The second kappa shape index (κ2) is 14.1. The van der Waals surface area contributed by atoms with Crippen LogP contribution in [0.4, 0.5) is 0 Å². The number of carbonyl (C=O) groups is 2. The lowest BCUT2D eigenvalue weighted by Gasteiger charge is -2.28. The fraction of sp³-hybridized carbons (Fsp3) is 0.900. The van der Waals surface area contributed by atoms with Gasteiger partial charge in [0.1, 0.15) is 5.78 Å². The minimum atomic E-state index is 0.0302. The Bertz CT molecular complexity index is 392. The zero-order chi connectivity index (χ0) is 19.2. The quantitative estimate of drug-likeness (QED) is 0.475. The van der Waals surface area contributed by atoms with Crippen molar-refractivity contribution in [3.8, 4) is 0 Å². The topological polar surface area (TPSA) is 73.9 Å². The third-order valence-electron chi connectivity index (χ3n) is 4.83. The number of carbonyl (C=O) groups excluding carboxylic acids is 2. The van der Waals surface area contributed by atoms with E-state index in [1.807, 2.05) is 20.8 Å². The molecule has 6 heteroatoms. The van der Waals surface area contributed by atoms with Gasteiger partial charge in [-0.15, -0.1) is 0 Å². The van der Waals surface area contributed by atoms with Gasteiger partial charge in [0.15, 0.2) is 0 Å². The molecule has 0 atom stereocenters. The molecule has 0 heterocycles. The van der Waals surface area contributed by atoms with Crippen LogP contribution in [0.2, 0.25) is 0 Å². The van der Waals surface area contributed by atoms with Gasteiger partial charge in [-0.25, -0.2) is 0 Å². The van der Waals surface area contributed by atoms with Crippen molar-refractivity contribution in [3.05, 3.63) is 0 Å². The van der Waals surface area contributed by atoms with Crippen LogP contribution in [0.3, 0.4) is 0 Å². The third-order valence-corrected chi connectivity index (χ3v) is 4.83. The fourth-order valence-electron chi connectivity index (χ4n) is 3.22. The number of ether oxygens (including phenoxy) is 3. The number of ketones is 1.